The fourth-order valence-corrected chi connectivity index (χ4v) is 1.50. The summed E-state index contributed by atoms with van der Waals surface area (Å²) >= 11 is 0. The number of ether oxygens (including phenoxy) is 1. The zero-order chi connectivity index (χ0) is 15.1. The molecule has 0 unspecified atom stereocenters. The zero-order valence-electron chi connectivity index (χ0n) is 11.3. The third kappa shape index (κ3) is 4.60. The Morgan fingerprint density at radius 2 is 1.95 bits per heavy atom. The van der Waals surface area contributed by atoms with Gasteiger partial charge in [-0.2, -0.15) is 0 Å². The van der Waals surface area contributed by atoms with E-state index in [-0.39, 0.29) is 13.0 Å². The fourth-order valence-electron chi connectivity index (χ4n) is 1.50. The van der Waals surface area contributed by atoms with Crippen molar-refractivity contribution >= 4 is 23.7 Å². The van der Waals surface area contributed by atoms with Gasteiger partial charge in [-0.05, 0) is 11.6 Å². The molecule has 0 spiro atoms. The second-order valence-electron chi connectivity index (χ2n) is 4.09. The van der Waals surface area contributed by atoms with E-state index in [1.165, 1.54) is 14.2 Å². The smallest absolute Gasteiger partial charge is 0.325 e. The first-order valence-corrected chi connectivity index (χ1v) is 5.82. The van der Waals surface area contributed by atoms with Crippen molar-refractivity contribution in [3.05, 3.63) is 29.8 Å². The number of esters is 1. The second kappa shape index (κ2) is 7.13. The van der Waals surface area contributed by atoms with E-state index in [2.05, 4.69) is 10.1 Å². The first-order valence-electron chi connectivity index (χ1n) is 5.82. The molecule has 0 aromatic heterocycles. The van der Waals surface area contributed by atoms with Gasteiger partial charge in [0.2, 0.25) is 0 Å². The molecule has 0 atom stereocenters. The summed E-state index contributed by atoms with van der Waals surface area (Å²) in [7, 11) is 2.67. The highest BCUT2D eigenvalue weighted by Crippen LogP contribution is 2.16. The van der Waals surface area contributed by atoms with Gasteiger partial charge in [0, 0.05) is 12.7 Å². The Morgan fingerprint density at radius 3 is 2.55 bits per heavy atom. The number of urea groups is 1. The first-order chi connectivity index (χ1) is 9.43. The van der Waals surface area contributed by atoms with Crippen LogP contribution in [-0.2, 0) is 20.7 Å². The van der Waals surface area contributed by atoms with E-state index < -0.39 is 18.0 Å². The number of benzene rings is 1. The van der Waals surface area contributed by atoms with Crippen LogP contribution in [0, 0.1) is 0 Å². The van der Waals surface area contributed by atoms with Crippen molar-refractivity contribution < 1.29 is 24.2 Å². The van der Waals surface area contributed by atoms with E-state index >= 15 is 0 Å². The minimum Gasteiger partial charge on any atom is -0.481 e. The van der Waals surface area contributed by atoms with Crippen molar-refractivity contribution in [3.63, 3.8) is 0 Å². The average Bonchev–Trinajstić information content (AvgIpc) is 2.40. The first kappa shape index (κ1) is 15.5. The molecule has 0 heterocycles. The van der Waals surface area contributed by atoms with Crippen LogP contribution in [-0.4, -0.2) is 48.7 Å². The molecule has 0 radical (unpaired) electrons. The number of carbonyl (C=O) groups excluding carboxylic acids is 2. The quantitative estimate of drug-likeness (QED) is 0.783. The molecule has 7 heteroatoms. The van der Waals surface area contributed by atoms with Crippen molar-refractivity contribution in [2.24, 2.45) is 0 Å². The Morgan fingerprint density at radius 1 is 1.30 bits per heavy atom. The van der Waals surface area contributed by atoms with E-state index in [0.717, 1.165) is 4.90 Å². The van der Waals surface area contributed by atoms with Crippen LogP contribution >= 0.6 is 0 Å². The molecule has 20 heavy (non-hydrogen) atoms. The van der Waals surface area contributed by atoms with Gasteiger partial charge in [0.15, 0.2) is 0 Å². The summed E-state index contributed by atoms with van der Waals surface area (Å²) in [6.45, 7) is -0.191. The lowest BCUT2D eigenvalue weighted by molar-refractivity contribution is -0.141. The number of hydrogen-bond donors (Lipinski definition) is 2. The number of carboxylic acids is 1. The van der Waals surface area contributed by atoms with Crippen molar-refractivity contribution in [3.8, 4) is 0 Å². The van der Waals surface area contributed by atoms with E-state index in [4.69, 9.17) is 5.11 Å². The van der Waals surface area contributed by atoms with Gasteiger partial charge in [-0.15, -0.1) is 0 Å². The van der Waals surface area contributed by atoms with Gasteiger partial charge in [-0.25, -0.2) is 4.79 Å². The van der Waals surface area contributed by atoms with Gasteiger partial charge in [-0.3, -0.25) is 9.59 Å². The van der Waals surface area contributed by atoms with Gasteiger partial charge in [0.1, 0.15) is 6.54 Å². The van der Waals surface area contributed by atoms with Crippen LogP contribution in [0.5, 0.6) is 0 Å². The monoisotopic (exact) mass is 280 g/mol. The van der Waals surface area contributed by atoms with Gasteiger partial charge >= 0.3 is 18.0 Å². The van der Waals surface area contributed by atoms with Crippen molar-refractivity contribution in [1.82, 2.24) is 4.90 Å². The summed E-state index contributed by atoms with van der Waals surface area (Å²) < 4.78 is 4.46. The Kier molecular flexibility index (Phi) is 5.52. The maximum Gasteiger partial charge on any atom is 0.325 e. The third-order valence-electron chi connectivity index (χ3n) is 2.54. The Balaban J connectivity index is 2.75. The van der Waals surface area contributed by atoms with E-state index in [1.807, 2.05) is 0 Å². The molecular weight excluding hydrogens is 264 g/mol. The lowest BCUT2D eigenvalue weighted by Gasteiger charge is -2.17. The summed E-state index contributed by atoms with van der Waals surface area (Å²) in [5, 5.41) is 11.4. The molecule has 0 aliphatic rings. The number of methoxy groups -OCH3 is 1. The molecule has 7 nitrogen and oxygen atoms in total. The highest BCUT2D eigenvalue weighted by Gasteiger charge is 2.15. The lowest BCUT2D eigenvalue weighted by Crippen LogP contribution is -2.36. The minimum atomic E-state index is -0.991. The number of nitrogens with one attached hydrogen (secondary N) is 1. The topological polar surface area (TPSA) is 95.9 Å². The molecule has 0 aliphatic heterocycles. The van der Waals surface area contributed by atoms with Crippen LogP contribution in [0.4, 0.5) is 10.5 Å². The number of aliphatic carboxylic acids is 1. The molecule has 2 N–H and O–H groups in total. The number of nitrogens with zero attached hydrogens (tertiary/aromatic N) is 1. The maximum atomic E-state index is 11.9. The summed E-state index contributed by atoms with van der Waals surface area (Å²) in [4.78, 5) is 34.8. The standard InChI is InChI=1S/C13H16N2O5/c1-15(8-12(18)20-2)13(19)14-10-6-4-3-5-9(10)7-11(16)17/h3-6H,7-8H2,1-2H3,(H,14,19)(H,16,17). The van der Waals surface area contributed by atoms with Gasteiger partial charge in [-0.1, -0.05) is 18.2 Å². The number of rotatable bonds is 5. The maximum absolute atomic E-state index is 11.9. The molecular formula is C13H16N2O5. The van der Waals surface area contributed by atoms with E-state index in [1.54, 1.807) is 24.3 Å². The Bertz CT molecular complexity index is 515. The molecule has 0 fully saturated rings. The van der Waals surface area contributed by atoms with E-state index in [9.17, 15) is 14.4 Å². The molecule has 1 aromatic rings. The predicted octanol–water partition coefficient (Wildman–Crippen LogP) is 0.950. The second-order valence-corrected chi connectivity index (χ2v) is 4.09. The fraction of sp³-hybridized carbons (Fsp3) is 0.308. The average molecular weight is 280 g/mol. The molecule has 1 aromatic carbocycles. The molecule has 0 bridgehead atoms. The Hall–Kier alpha value is -2.57. The lowest BCUT2D eigenvalue weighted by atomic mass is 10.1. The van der Waals surface area contributed by atoms with Gasteiger partial charge in [0.25, 0.3) is 0 Å². The predicted molar refractivity (Wildman–Crippen MR) is 71.4 cm³/mol. The van der Waals surface area contributed by atoms with Crippen molar-refractivity contribution in [2.75, 3.05) is 26.0 Å². The van der Waals surface area contributed by atoms with Gasteiger partial charge < -0.3 is 20.1 Å². The summed E-state index contributed by atoms with van der Waals surface area (Å²) in [6.07, 6.45) is -0.197. The van der Waals surface area contributed by atoms with Crippen LogP contribution in [0.25, 0.3) is 0 Å². The van der Waals surface area contributed by atoms with Crippen LogP contribution in [0.15, 0.2) is 24.3 Å². The van der Waals surface area contributed by atoms with Crippen molar-refractivity contribution in [2.45, 2.75) is 6.42 Å². The van der Waals surface area contributed by atoms with Crippen LogP contribution in [0.1, 0.15) is 5.56 Å². The number of carboxylic acid groups (broad SMARTS) is 1. The zero-order valence-corrected chi connectivity index (χ0v) is 11.3. The number of amides is 2. The molecule has 1 rings (SSSR count). The van der Waals surface area contributed by atoms with Crippen LogP contribution in [0.3, 0.4) is 0 Å². The Labute approximate surface area is 116 Å². The molecule has 0 aliphatic carbocycles. The van der Waals surface area contributed by atoms with Gasteiger partial charge in [0.05, 0.1) is 13.5 Å². The largest absolute Gasteiger partial charge is 0.481 e. The highest BCUT2D eigenvalue weighted by molar-refractivity contribution is 5.92. The summed E-state index contributed by atoms with van der Waals surface area (Å²) in [5.41, 5.74) is 0.886. The SMILES string of the molecule is COC(=O)CN(C)C(=O)Nc1ccccc1CC(=O)O. The number of para-hydroxylation sites is 1. The molecule has 0 saturated carbocycles. The number of likely N-dealkylation sites (N-methyl/N-ethyl adjacent to an activating group) is 1. The summed E-state index contributed by atoms with van der Waals surface area (Å²) in [6, 6.07) is 6.06. The van der Waals surface area contributed by atoms with Crippen LogP contribution < -0.4 is 5.32 Å². The van der Waals surface area contributed by atoms with Crippen LogP contribution in [0.2, 0.25) is 0 Å². The molecule has 0 saturated heterocycles. The van der Waals surface area contributed by atoms with E-state index in [0.29, 0.717) is 11.3 Å². The number of carbonyl (C=O) groups is 3. The number of anilines is 1. The molecule has 2 amide bonds. The third-order valence-corrected chi connectivity index (χ3v) is 2.54. The summed E-state index contributed by atoms with van der Waals surface area (Å²) in [5.74, 6) is -1.53. The normalized spacial score (nSPS) is 9.70. The minimum absolute atomic E-state index is 0.191. The number of hydrogen-bond acceptors (Lipinski definition) is 4. The highest BCUT2D eigenvalue weighted by atomic mass is 16.5. The molecule has 108 valence electrons. The van der Waals surface area contributed by atoms with Crippen molar-refractivity contribution in [1.29, 1.82) is 0 Å².